The largest absolute Gasteiger partial charge is 1.00 e. The maximum Gasteiger partial charge on any atom is 1.00 e. The molecule has 2 aromatic heterocycles. The fourth-order valence-electron chi connectivity index (χ4n) is 7.18. The van der Waals surface area contributed by atoms with Crippen LogP contribution in [-0.2, 0) is 35.2 Å². The van der Waals surface area contributed by atoms with Gasteiger partial charge in [0.05, 0.1) is 11.9 Å². The number of benzene rings is 4. The van der Waals surface area contributed by atoms with Crippen LogP contribution in [0.2, 0.25) is 0 Å². The number of carbonyl (C=O) groups excluding carboxylic acids is 6. The number of hydrogen-bond donors (Lipinski definition) is 3. The van der Waals surface area contributed by atoms with Gasteiger partial charge < -0.3 is 28.0 Å². The van der Waals surface area contributed by atoms with E-state index >= 15 is 0 Å². The van der Waals surface area contributed by atoms with E-state index in [2.05, 4.69) is 59.9 Å². The molecule has 18 heteroatoms. The van der Waals surface area contributed by atoms with E-state index in [1.165, 1.54) is 37.4 Å². The zero-order valence-corrected chi connectivity index (χ0v) is 41.1. The Morgan fingerprint density at radius 1 is 0.609 bits per heavy atom. The fourth-order valence-corrected chi connectivity index (χ4v) is 7.18. The monoisotopic (exact) mass is 952 g/mol. The van der Waals surface area contributed by atoms with Crippen molar-refractivity contribution in [3.63, 3.8) is 0 Å². The Kier molecular flexibility index (Phi) is 25.5. The first-order valence-electron chi connectivity index (χ1n) is 21.9. The molecule has 0 spiro atoms. The van der Waals surface area contributed by atoms with Crippen molar-refractivity contribution in [3.8, 4) is 22.8 Å². The maximum absolute atomic E-state index is 13.0. The second-order valence-corrected chi connectivity index (χ2v) is 15.7. The van der Waals surface area contributed by atoms with Crippen molar-refractivity contribution in [2.75, 3.05) is 13.1 Å². The third-order valence-corrected chi connectivity index (χ3v) is 10.6. The number of ketones is 2. The number of nitrogens with zero attached hydrogens (tertiary/aromatic N) is 2. The SMILES string of the molecule is CC(=O)OOC(C)=O.O=C(c1ccc(F)cc1)C1CCC(Cc2cnc(-c3ccccc3)[nH]2)CC1.O=C(c1ccc(F)cc1)C1CCNCC1.O=Cc1cnc(-c2ccccc2)[nH]1.[B-]OC(C)=O.[Na+]. The number of carbonyl (C=O) groups is 6. The molecule has 3 heterocycles. The third kappa shape index (κ3) is 20.8. The maximum atomic E-state index is 13.0. The summed E-state index contributed by atoms with van der Waals surface area (Å²) < 4.78 is 29.3. The number of nitrogens with one attached hydrogen (secondary N) is 3. The van der Waals surface area contributed by atoms with Crippen LogP contribution < -0.4 is 34.9 Å². The predicted octanol–water partition coefficient (Wildman–Crippen LogP) is 6.01. The predicted molar refractivity (Wildman–Crippen MR) is 251 cm³/mol. The average Bonchev–Trinajstić information content (AvgIpc) is 4.06. The van der Waals surface area contributed by atoms with Crippen LogP contribution in [0.4, 0.5) is 8.78 Å². The van der Waals surface area contributed by atoms with E-state index < -0.39 is 17.9 Å². The minimum absolute atomic E-state index is 0. The Labute approximate surface area is 423 Å². The van der Waals surface area contributed by atoms with E-state index in [9.17, 15) is 37.5 Å². The van der Waals surface area contributed by atoms with Gasteiger partial charge in [-0.05, 0) is 112 Å². The van der Waals surface area contributed by atoms with Gasteiger partial charge in [0.25, 0.3) is 0 Å². The Bertz CT molecular complexity index is 2480. The van der Waals surface area contributed by atoms with Crippen LogP contribution in [0.5, 0.6) is 0 Å². The van der Waals surface area contributed by atoms with E-state index in [1.54, 1.807) is 24.3 Å². The summed E-state index contributed by atoms with van der Waals surface area (Å²) in [4.78, 5) is 86.6. The minimum atomic E-state index is -0.639. The van der Waals surface area contributed by atoms with Gasteiger partial charge in [0.15, 0.2) is 17.9 Å². The molecular weight excluding hydrogens is 898 g/mol. The molecule has 1 aliphatic carbocycles. The van der Waals surface area contributed by atoms with Crippen LogP contribution >= 0.6 is 0 Å². The number of rotatable bonds is 9. The molecule has 0 amide bonds. The van der Waals surface area contributed by atoms with E-state index in [0.29, 0.717) is 22.7 Å². The summed E-state index contributed by atoms with van der Waals surface area (Å²) in [6.07, 6.45) is 10.8. The number of hydrogen-bond acceptors (Lipinski definition) is 12. The molecule has 14 nitrogen and oxygen atoms in total. The van der Waals surface area contributed by atoms with Crippen molar-refractivity contribution in [1.29, 1.82) is 0 Å². The summed E-state index contributed by atoms with van der Waals surface area (Å²) >= 11 is 0. The normalized spacial score (nSPS) is 14.8. The van der Waals surface area contributed by atoms with Crippen LogP contribution in [0.3, 0.4) is 0 Å². The molecule has 355 valence electrons. The molecule has 8 rings (SSSR count). The Balaban J connectivity index is 0.000000255. The van der Waals surface area contributed by atoms with Gasteiger partial charge in [-0.15, -0.1) is 0 Å². The zero-order valence-electron chi connectivity index (χ0n) is 39.1. The molecule has 69 heavy (non-hydrogen) atoms. The van der Waals surface area contributed by atoms with Crippen molar-refractivity contribution in [1.82, 2.24) is 25.3 Å². The molecule has 3 radical (unpaired) electrons. The number of Topliss-reactive ketones (excluding diaryl/α,β-unsaturated/α-hetero) is 2. The van der Waals surface area contributed by atoms with Gasteiger partial charge >= 0.3 is 41.5 Å². The zero-order chi connectivity index (χ0) is 49.3. The number of piperidine rings is 1. The standard InChI is InChI=1S/C23H23FN2O.C12H14FNO.C10H8N2O.C4H6O4.C2H3BO2.Na/c24-20-12-10-18(11-13-20)22(27)17-8-6-16(7-9-17)14-21-15-25-23(26-21)19-4-2-1-3-5-19;13-11-3-1-9(2-4-11)12(15)10-5-7-14-8-6-10;13-7-9-6-11-10(12-9)8-4-2-1-3-5-8;1-3(5)7-8-4(2)6;1-2(4)5-3;/h1-5,10-13,15-17H,6-9,14H2,(H,25,26);1-4,10,14H,5-8H2;1-7H,(H,11,12);1-2H3;1H3;/q;;;;-1;+1. The quantitative estimate of drug-likeness (QED) is 0.0503. The van der Waals surface area contributed by atoms with E-state index in [0.717, 1.165) is 107 Å². The number of aromatic nitrogens is 4. The smallest absolute Gasteiger partial charge is 0.793 e. The van der Waals surface area contributed by atoms with E-state index in [-0.39, 0.29) is 64.6 Å². The van der Waals surface area contributed by atoms with Gasteiger partial charge in [-0.1, -0.05) is 60.7 Å². The van der Waals surface area contributed by atoms with Crippen LogP contribution in [0.15, 0.2) is 122 Å². The summed E-state index contributed by atoms with van der Waals surface area (Å²) in [6.45, 7) is 5.32. The van der Waals surface area contributed by atoms with E-state index in [1.807, 2.05) is 54.7 Å². The summed E-state index contributed by atoms with van der Waals surface area (Å²) in [7, 11) is 4.32. The van der Waals surface area contributed by atoms with Crippen molar-refractivity contribution >= 4 is 43.8 Å². The number of aromatic amines is 2. The number of H-pyrrole nitrogens is 2. The topological polar surface area (TPSA) is 199 Å². The first kappa shape index (κ1) is 56.9. The molecule has 0 bridgehead atoms. The average molecular weight is 953 g/mol. The van der Waals surface area contributed by atoms with Crippen LogP contribution in [-0.4, -0.2) is 76.8 Å². The first-order valence-corrected chi connectivity index (χ1v) is 21.9. The number of halogens is 2. The van der Waals surface area contributed by atoms with Crippen molar-refractivity contribution < 1.29 is 81.5 Å². The first-order chi connectivity index (χ1) is 32.8. The molecule has 6 aromatic rings. The molecule has 1 aliphatic heterocycles. The summed E-state index contributed by atoms with van der Waals surface area (Å²) in [6, 6.07) is 31.5. The Morgan fingerprint density at radius 3 is 1.43 bits per heavy atom. The molecule has 1 saturated carbocycles. The van der Waals surface area contributed by atoms with Gasteiger partial charge in [-0.3, -0.25) is 19.2 Å². The molecule has 2 fully saturated rings. The number of imidazole rings is 2. The number of aldehydes is 1. The minimum Gasteiger partial charge on any atom is -0.793 e. The second-order valence-electron chi connectivity index (χ2n) is 15.7. The summed E-state index contributed by atoms with van der Waals surface area (Å²) in [5.74, 6) is 0.342. The second kappa shape index (κ2) is 30.9. The molecule has 2 aliphatic rings. The fraction of sp³-hybridized carbons (Fsp3) is 0.294. The van der Waals surface area contributed by atoms with Gasteiger partial charge in [0.2, 0.25) is 5.97 Å². The Morgan fingerprint density at radius 2 is 1.03 bits per heavy atom. The van der Waals surface area contributed by atoms with Gasteiger partial charge in [0.1, 0.15) is 23.3 Å². The molecule has 4 aromatic carbocycles. The molecule has 0 unspecified atom stereocenters. The van der Waals surface area contributed by atoms with Crippen molar-refractivity contribution in [2.45, 2.75) is 65.7 Å². The van der Waals surface area contributed by atoms with Gasteiger partial charge in [-0.2, -0.15) is 0 Å². The molecular formula is C51H54BF2N5NaO9. The summed E-state index contributed by atoms with van der Waals surface area (Å²) in [5, 5.41) is 3.22. The Hall–Kier alpha value is -6.40. The van der Waals surface area contributed by atoms with Crippen LogP contribution in [0, 0.1) is 29.4 Å². The van der Waals surface area contributed by atoms with Crippen molar-refractivity contribution in [3.05, 3.63) is 156 Å². The molecule has 0 atom stereocenters. The van der Waals surface area contributed by atoms with Gasteiger partial charge in [-0.25, -0.2) is 38.1 Å². The summed E-state index contributed by atoms with van der Waals surface area (Å²) in [5.41, 5.74) is 4.98. The van der Waals surface area contributed by atoms with Crippen molar-refractivity contribution in [2.24, 2.45) is 17.8 Å². The van der Waals surface area contributed by atoms with Crippen LogP contribution in [0.1, 0.15) is 96.2 Å². The van der Waals surface area contributed by atoms with Gasteiger partial charge in [0, 0.05) is 66.8 Å². The third-order valence-electron chi connectivity index (χ3n) is 10.6. The van der Waals surface area contributed by atoms with Crippen LogP contribution in [0.25, 0.3) is 22.8 Å². The van der Waals surface area contributed by atoms with E-state index in [4.69, 9.17) is 0 Å². The molecule has 1 saturated heterocycles. The molecule has 3 N–H and O–H groups in total.